The predicted molar refractivity (Wildman–Crippen MR) is 101 cm³/mol. The van der Waals surface area contributed by atoms with Gasteiger partial charge in [0.25, 0.3) is 11.8 Å². The van der Waals surface area contributed by atoms with Crippen LogP contribution in [0.5, 0.6) is 5.75 Å². The summed E-state index contributed by atoms with van der Waals surface area (Å²) in [6, 6.07) is 8.28. The lowest BCUT2D eigenvalue weighted by molar-refractivity contribution is -0.122. The van der Waals surface area contributed by atoms with Crippen LogP contribution in [0.1, 0.15) is 5.56 Å². The van der Waals surface area contributed by atoms with Crippen molar-refractivity contribution >= 4 is 68.7 Å². The van der Waals surface area contributed by atoms with Crippen molar-refractivity contribution < 1.29 is 19.5 Å². The van der Waals surface area contributed by atoms with Crippen LogP contribution in [0.15, 0.2) is 46.4 Å². The minimum absolute atomic E-state index is 0.0335. The number of amides is 4. The number of halogens is 3. The maximum absolute atomic E-state index is 12.7. The SMILES string of the molecule is O=C1NC(=O)N(c2ccc(Br)cc2)C(=O)/C1=C/c1cc(Cl)c(O)c(Cl)c1. The number of carbonyl (C=O) groups is 3. The molecule has 0 saturated carbocycles. The molecule has 1 heterocycles. The second-order valence-corrected chi connectivity index (χ2v) is 7.00. The van der Waals surface area contributed by atoms with Crippen molar-refractivity contribution in [1.82, 2.24) is 5.32 Å². The molecular formula is C17H9BrCl2N2O4. The van der Waals surface area contributed by atoms with E-state index in [9.17, 15) is 19.5 Å². The van der Waals surface area contributed by atoms with E-state index in [2.05, 4.69) is 21.2 Å². The Morgan fingerprint density at radius 3 is 2.19 bits per heavy atom. The maximum Gasteiger partial charge on any atom is 0.335 e. The zero-order valence-electron chi connectivity index (χ0n) is 12.8. The number of benzene rings is 2. The molecule has 0 radical (unpaired) electrons. The van der Waals surface area contributed by atoms with E-state index in [4.69, 9.17) is 23.2 Å². The minimum atomic E-state index is -0.846. The Morgan fingerprint density at radius 1 is 1.04 bits per heavy atom. The molecular weight excluding hydrogens is 447 g/mol. The lowest BCUT2D eigenvalue weighted by Gasteiger charge is -2.26. The van der Waals surface area contributed by atoms with E-state index < -0.39 is 17.8 Å². The van der Waals surface area contributed by atoms with E-state index >= 15 is 0 Å². The molecule has 1 fully saturated rings. The van der Waals surface area contributed by atoms with Crippen molar-refractivity contribution in [3.05, 3.63) is 62.1 Å². The summed E-state index contributed by atoms with van der Waals surface area (Å²) in [5.41, 5.74) is 0.350. The molecule has 2 N–H and O–H groups in total. The highest BCUT2D eigenvalue weighted by molar-refractivity contribution is 9.10. The summed E-state index contributed by atoms with van der Waals surface area (Å²) in [7, 11) is 0. The smallest absolute Gasteiger partial charge is 0.335 e. The molecule has 9 heteroatoms. The highest BCUT2D eigenvalue weighted by atomic mass is 79.9. The number of nitrogens with zero attached hydrogens (tertiary/aromatic N) is 1. The van der Waals surface area contributed by atoms with Gasteiger partial charge in [0.05, 0.1) is 15.7 Å². The summed E-state index contributed by atoms with van der Waals surface area (Å²) in [5, 5.41) is 11.6. The molecule has 1 saturated heterocycles. The zero-order chi connectivity index (χ0) is 19.0. The maximum atomic E-state index is 12.7. The number of carbonyl (C=O) groups excluding carboxylic acids is 3. The van der Waals surface area contributed by atoms with Crippen LogP contribution in [0.2, 0.25) is 10.0 Å². The van der Waals surface area contributed by atoms with Crippen LogP contribution in [0, 0.1) is 0 Å². The summed E-state index contributed by atoms with van der Waals surface area (Å²) in [6.45, 7) is 0. The van der Waals surface area contributed by atoms with Gasteiger partial charge in [0.15, 0.2) is 5.75 Å². The lowest BCUT2D eigenvalue weighted by atomic mass is 10.1. The van der Waals surface area contributed by atoms with Gasteiger partial charge in [0, 0.05) is 4.47 Å². The van der Waals surface area contributed by atoms with E-state index in [-0.39, 0.29) is 21.4 Å². The van der Waals surface area contributed by atoms with E-state index in [1.807, 2.05) is 0 Å². The normalized spacial score (nSPS) is 16.2. The van der Waals surface area contributed by atoms with E-state index in [0.717, 1.165) is 9.37 Å². The first-order valence-electron chi connectivity index (χ1n) is 7.13. The van der Waals surface area contributed by atoms with Gasteiger partial charge in [-0.15, -0.1) is 0 Å². The van der Waals surface area contributed by atoms with Crippen molar-refractivity contribution in [2.24, 2.45) is 0 Å². The van der Waals surface area contributed by atoms with E-state index in [0.29, 0.717) is 11.3 Å². The average molecular weight is 456 g/mol. The number of anilines is 1. The largest absolute Gasteiger partial charge is 0.505 e. The van der Waals surface area contributed by atoms with E-state index in [1.54, 1.807) is 24.3 Å². The number of hydrogen-bond donors (Lipinski definition) is 2. The van der Waals surface area contributed by atoms with Crippen molar-refractivity contribution in [3.8, 4) is 5.75 Å². The number of nitrogens with one attached hydrogen (secondary N) is 1. The standard InChI is InChI=1S/C17H9BrCl2N2O4/c18-9-1-3-10(4-2-9)22-16(25)11(15(24)21-17(22)26)5-8-6-12(19)14(23)13(20)7-8/h1-7,23H,(H,21,24,26)/b11-5+. The van der Waals surface area contributed by atoms with Crippen LogP contribution in [-0.2, 0) is 9.59 Å². The van der Waals surface area contributed by atoms with Gasteiger partial charge in [0.2, 0.25) is 0 Å². The molecule has 0 unspecified atom stereocenters. The van der Waals surface area contributed by atoms with Crippen molar-refractivity contribution in [3.63, 3.8) is 0 Å². The highest BCUT2D eigenvalue weighted by Crippen LogP contribution is 2.33. The van der Waals surface area contributed by atoms with Gasteiger partial charge in [-0.1, -0.05) is 39.1 Å². The third-order valence-corrected chi connectivity index (χ3v) is 4.64. The van der Waals surface area contributed by atoms with Gasteiger partial charge >= 0.3 is 6.03 Å². The van der Waals surface area contributed by atoms with Gasteiger partial charge in [-0.3, -0.25) is 14.9 Å². The Morgan fingerprint density at radius 2 is 1.62 bits per heavy atom. The molecule has 6 nitrogen and oxygen atoms in total. The molecule has 3 rings (SSSR count). The second-order valence-electron chi connectivity index (χ2n) is 5.27. The fraction of sp³-hybridized carbons (Fsp3) is 0. The molecule has 2 aromatic rings. The molecule has 0 aromatic heterocycles. The molecule has 132 valence electrons. The van der Waals surface area contributed by atoms with Crippen LogP contribution in [0.25, 0.3) is 6.08 Å². The predicted octanol–water partition coefficient (Wildman–Crippen LogP) is 4.13. The summed E-state index contributed by atoms with van der Waals surface area (Å²) in [5.74, 6) is -1.93. The Labute approximate surface area is 166 Å². The fourth-order valence-corrected chi connectivity index (χ4v) is 3.09. The third-order valence-electron chi connectivity index (χ3n) is 3.54. The van der Waals surface area contributed by atoms with E-state index in [1.165, 1.54) is 18.2 Å². The number of phenols is 1. The third kappa shape index (κ3) is 3.46. The highest BCUT2D eigenvalue weighted by Gasteiger charge is 2.36. The van der Waals surface area contributed by atoms with Crippen LogP contribution in [0.4, 0.5) is 10.5 Å². The van der Waals surface area contributed by atoms with Crippen LogP contribution in [-0.4, -0.2) is 23.0 Å². The summed E-state index contributed by atoms with van der Waals surface area (Å²) < 4.78 is 0.770. The molecule has 4 amide bonds. The van der Waals surface area contributed by atoms with Gasteiger partial charge < -0.3 is 5.11 Å². The average Bonchev–Trinajstić information content (AvgIpc) is 2.58. The number of imide groups is 2. The Bertz CT molecular complexity index is 950. The summed E-state index contributed by atoms with van der Waals surface area (Å²) in [4.78, 5) is 37.8. The Kier molecular flexibility index (Phi) is 5.04. The second kappa shape index (κ2) is 7.11. The lowest BCUT2D eigenvalue weighted by Crippen LogP contribution is -2.54. The van der Waals surface area contributed by atoms with Crippen LogP contribution >= 0.6 is 39.1 Å². The topological polar surface area (TPSA) is 86.7 Å². The Hall–Kier alpha value is -2.35. The first-order valence-corrected chi connectivity index (χ1v) is 8.68. The molecule has 1 aliphatic rings. The van der Waals surface area contributed by atoms with Gasteiger partial charge in [0.1, 0.15) is 5.57 Å². The fourth-order valence-electron chi connectivity index (χ4n) is 2.32. The molecule has 0 bridgehead atoms. The first kappa shape index (κ1) is 18.4. The van der Waals surface area contributed by atoms with Gasteiger partial charge in [-0.2, -0.15) is 0 Å². The summed E-state index contributed by atoms with van der Waals surface area (Å²) >= 11 is 15.0. The quantitative estimate of drug-likeness (QED) is 0.526. The van der Waals surface area contributed by atoms with Crippen molar-refractivity contribution in [1.29, 1.82) is 0 Å². The minimum Gasteiger partial charge on any atom is -0.505 e. The number of hydrogen-bond acceptors (Lipinski definition) is 4. The number of barbiturate groups is 1. The summed E-state index contributed by atoms with van der Waals surface area (Å²) in [6.07, 6.45) is 1.24. The first-order chi connectivity index (χ1) is 12.3. The zero-order valence-corrected chi connectivity index (χ0v) is 15.9. The monoisotopic (exact) mass is 454 g/mol. The molecule has 0 aliphatic carbocycles. The molecule has 2 aromatic carbocycles. The van der Waals surface area contributed by atoms with Gasteiger partial charge in [-0.25, -0.2) is 9.69 Å². The molecule has 0 atom stereocenters. The molecule has 1 aliphatic heterocycles. The van der Waals surface area contributed by atoms with Gasteiger partial charge in [-0.05, 0) is 48.0 Å². The molecule has 26 heavy (non-hydrogen) atoms. The van der Waals surface area contributed by atoms with Crippen LogP contribution < -0.4 is 10.2 Å². The number of aromatic hydroxyl groups is 1. The number of urea groups is 1. The molecule has 0 spiro atoms. The van der Waals surface area contributed by atoms with Crippen molar-refractivity contribution in [2.45, 2.75) is 0 Å². The van der Waals surface area contributed by atoms with Crippen molar-refractivity contribution in [2.75, 3.05) is 4.90 Å². The number of rotatable bonds is 2. The number of phenolic OH excluding ortho intramolecular Hbond substituents is 1. The van der Waals surface area contributed by atoms with Crippen LogP contribution in [0.3, 0.4) is 0 Å². The Balaban J connectivity index is 2.04.